The topological polar surface area (TPSA) is 26.3 Å². The smallest absolute Gasteiger partial charge is 0.339 e. The molecule has 2 nitrogen and oxygen atoms in total. The van der Waals surface area contributed by atoms with Gasteiger partial charge in [-0.3, -0.25) is 0 Å². The summed E-state index contributed by atoms with van der Waals surface area (Å²) >= 11 is 0. The van der Waals surface area contributed by atoms with Gasteiger partial charge in [-0.1, -0.05) is 54.8 Å². The maximum atomic E-state index is 13.3. The lowest BCUT2D eigenvalue weighted by molar-refractivity contribution is -0.00645. The molecule has 1 saturated carbocycles. The van der Waals surface area contributed by atoms with E-state index in [-0.39, 0.29) is 22.4 Å². The van der Waals surface area contributed by atoms with Gasteiger partial charge in [-0.2, -0.15) is 0 Å². The second kappa shape index (κ2) is 8.54. The fourth-order valence-electron chi connectivity index (χ4n) is 5.05. The van der Waals surface area contributed by atoms with E-state index in [0.29, 0.717) is 5.56 Å². The van der Waals surface area contributed by atoms with Crippen LogP contribution in [0.3, 0.4) is 0 Å². The number of ether oxygens (including phenoxy) is 1. The van der Waals surface area contributed by atoms with E-state index in [9.17, 15) is 4.79 Å². The average Bonchev–Trinajstić information content (AvgIpc) is 3.19. The van der Waals surface area contributed by atoms with Gasteiger partial charge in [0, 0.05) is 33.2 Å². The molecule has 1 aliphatic rings. The molecule has 0 N–H and O–H groups in total. The first-order chi connectivity index (χ1) is 16.0. The van der Waals surface area contributed by atoms with Gasteiger partial charge in [0.2, 0.25) is 0 Å². The van der Waals surface area contributed by atoms with E-state index in [1.165, 1.54) is 20.2 Å². The van der Waals surface area contributed by atoms with Crippen molar-refractivity contribution in [3.8, 4) is 17.2 Å². The average molecular weight is 452 g/mol. The molecule has 164 valence electrons. The molecule has 0 spiro atoms. The molecule has 1 heterocycles. The molecule has 4 aromatic rings. The molecule has 3 aromatic carbocycles. The Labute approximate surface area is 197 Å². The summed E-state index contributed by atoms with van der Waals surface area (Å²) < 4.78 is 8.58. The Morgan fingerprint density at radius 2 is 1.70 bits per heavy atom. The molecule has 1 aliphatic carbocycles. The first-order valence-corrected chi connectivity index (χ1v) is 12.7. The third kappa shape index (κ3) is 3.75. The van der Waals surface area contributed by atoms with Crippen LogP contribution in [0.2, 0.25) is 0 Å². The van der Waals surface area contributed by atoms with Crippen LogP contribution in [0.1, 0.15) is 43.0 Å². The van der Waals surface area contributed by atoms with Crippen molar-refractivity contribution in [1.29, 1.82) is 0 Å². The minimum absolute atomic E-state index is 0.00107. The van der Waals surface area contributed by atoms with E-state index >= 15 is 0 Å². The Balaban J connectivity index is 1.53. The molecular formula is C30H27O2S+. The lowest BCUT2D eigenvalue weighted by atomic mass is 9.75. The van der Waals surface area contributed by atoms with E-state index in [0.717, 1.165) is 36.2 Å². The molecule has 0 saturated heterocycles. The van der Waals surface area contributed by atoms with Crippen LogP contribution in [0.4, 0.5) is 0 Å². The molecule has 1 fully saturated rings. The number of carbonyl (C=O) groups is 1. The summed E-state index contributed by atoms with van der Waals surface area (Å²) in [6, 6.07) is 24.9. The third-order valence-electron chi connectivity index (χ3n) is 6.80. The summed E-state index contributed by atoms with van der Waals surface area (Å²) in [5.74, 6) is 2.40. The van der Waals surface area contributed by atoms with Crippen LogP contribution in [0.25, 0.3) is 25.1 Å². The Kier molecular flexibility index (Phi) is 5.56. The molecule has 2 atom stereocenters. The highest BCUT2D eigenvalue weighted by Crippen LogP contribution is 2.48. The number of fused-ring (bicyclic) bond motifs is 3. The molecule has 1 aromatic heterocycles. The third-order valence-corrected chi connectivity index (χ3v) is 9.12. The standard InChI is InChI=1S/C30H27O2S/c1-4-30(3,26-17-8-5-12-21(26)2)32-29(31)22-13-11-14-23(20-22)33-27-18-9-6-15-24(27)25-16-7-10-19-28(25)33/h1,6-7,9-11,13-16,18-20,26H,2,5,8,12,17H2,3H3/q+1. The minimum Gasteiger partial charge on any atom is -0.442 e. The van der Waals surface area contributed by atoms with Gasteiger partial charge in [0.15, 0.2) is 19.9 Å². The molecule has 2 unspecified atom stereocenters. The predicted octanol–water partition coefficient (Wildman–Crippen LogP) is 8.03. The minimum atomic E-state index is -0.987. The number of benzene rings is 3. The second-order valence-corrected chi connectivity index (χ2v) is 10.9. The van der Waals surface area contributed by atoms with Crippen LogP contribution in [-0.2, 0) is 4.74 Å². The van der Waals surface area contributed by atoms with E-state index in [4.69, 9.17) is 11.2 Å². The van der Waals surface area contributed by atoms with Gasteiger partial charge in [-0.05, 0) is 62.6 Å². The zero-order valence-corrected chi connectivity index (χ0v) is 19.7. The van der Waals surface area contributed by atoms with Crippen molar-refractivity contribution in [1.82, 2.24) is 0 Å². The Morgan fingerprint density at radius 1 is 1.03 bits per heavy atom. The van der Waals surface area contributed by atoms with E-state index in [2.05, 4.69) is 67.1 Å². The lowest BCUT2D eigenvalue weighted by Crippen LogP contribution is -2.40. The van der Waals surface area contributed by atoms with Crippen molar-refractivity contribution in [2.75, 3.05) is 0 Å². The summed E-state index contributed by atoms with van der Waals surface area (Å²) in [4.78, 5) is 14.4. The van der Waals surface area contributed by atoms with Crippen molar-refractivity contribution in [3.63, 3.8) is 0 Å². The quantitative estimate of drug-likeness (QED) is 0.136. The maximum absolute atomic E-state index is 13.3. The molecule has 33 heavy (non-hydrogen) atoms. The van der Waals surface area contributed by atoms with Crippen LogP contribution in [0, 0.1) is 18.3 Å². The molecule has 0 aliphatic heterocycles. The van der Waals surface area contributed by atoms with Crippen LogP contribution in [0.15, 0.2) is 84.9 Å². The van der Waals surface area contributed by atoms with E-state index < -0.39 is 5.60 Å². The van der Waals surface area contributed by atoms with Crippen LogP contribution in [0.5, 0.6) is 0 Å². The highest BCUT2D eigenvalue weighted by atomic mass is 32.2. The summed E-state index contributed by atoms with van der Waals surface area (Å²) in [6.45, 7) is 6.06. The summed E-state index contributed by atoms with van der Waals surface area (Å²) in [5, 5.41) is 2.53. The zero-order valence-electron chi connectivity index (χ0n) is 18.8. The van der Waals surface area contributed by atoms with Crippen molar-refractivity contribution in [2.24, 2.45) is 5.92 Å². The molecule has 3 heteroatoms. The molecule has 0 amide bonds. The van der Waals surface area contributed by atoms with Crippen molar-refractivity contribution >= 4 is 36.6 Å². The van der Waals surface area contributed by atoms with Gasteiger partial charge < -0.3 is 4.74 Å². The lowest BCUT2D eigenvalue weighted by Gasteiger charge is -2.36. The largest absolute Gasteiger partial charge is 0.442 e. The van der Waals surface area contributed by atoms with Gasteiger partial charge in [0.25, 0.3) is 0 Å². The summed E-state index contributed by atoms with van der Waals surface area (Å²) in [6.07, 6.45) is 9.94. The van der Waals surface area contributed by atoms with Gasteiger partial charge >= 0.3 is 5.97 Å². The summed E-state index contributed by atoms with van der Waals surface area (Å²) in [7, 11) is -0.265. The molecule has 0 bridgehead atoms. The van der Waals surface area contributed by atoms with Crippen molar-refractivity contribution < 1.29 is 9.53 Å². The van der Waals surface area contributed by atoms with Crippen molar-refractivity contribution in [3.05, 3.63) is 90.5 Å². The number of carbonyl (C=O) groups excluding carboxylic acids is 1. The number of hydrogen-bond acceptors (Lipinski definition) is 2. The fraction of sp³-hybridized carbons (Fsp3) is 0.233. The Bertz CT molecular complexity index is 1370. The fourth-order valence-corrected chi connectivity index (χ4v) is 7.48. The first kappa shape index (κ1) is 21.5. The summed E-state index contributed by atoms with van der Waals surface area (Å²) in [5.41, 5.74) is 0.632. The van der Waals surface area contributed by atoms with Gasteiger partial charge in [0.05, 0.1) is 5.56 Å². The van der Waals surface area contributed by atoms with Gasteiger partial charge in [0.1, 0.15) is 0 Å². The number of esters is 1. The maximum Gasteiger partial charge on any atom is 0.339 e. The van der Waals surface area contributed by atoms with E-state index in [1.54, 1.807) is 0 Å². The number of thiophene rings is 1. The zero-order chi connectivity index (χ0) is 23.0. The van der Waals surface area contributed by atoms with E-state index in [1.807, 2.05) is 25.1 Å². The second-order valence-electron chi connectivity index (χ2n) is 8.92. The number of terminal acetylenes is 1. The molecule has 0 radical (unpaired) electrons. The van der Waals surface area contributed by atoms with Crippen LogP contribution in [-0.4, -0.2) is 11.6 Å². The van der Waals surface area contributed by atoms with Gasteiger partial charge in [-0.15, -0.1) is 6.42 Å². The highest BCUT2D eigenvalue weighted by molar-refractivity contribution is 7.50. The molecular weight excluding hydrogens is 424 g/mol. The number of hydrogen-bond donors (Lipinski definition) is 0. The van der Waals surface area contributed by atoms with Crippen molar-refractivity contribution in [2.45, 2.75) is 38.2 Å². The number of rotatable bonds is 4. The Hall–Kier alpha value is -3.35. The molecule has 5 rings (SSSR count). The van der Waals surface area contributed by atoms with Crippen LogP contribution < -0.4 is 0 Å². The van der Waals surface area contributed by atoms with Crippen LogP contribution >= 0.6 is 10.5 Å². The Morgan fingerprint density at radius 3 is 2.33 bits per heavy atom. The van der Waals surface area contributed by atoms with Gasteiger partial charge in [-0.25, -0.2) is 4.79 Å². The monoisotopic (exact) mass is 451 g/mol. The predicted molar refractivity (Wildman–Crippen MR) is 139 cm³/mol. The first-order valence-electron chi connectivity index (χ1n) is 11.4. The highest BCUT2D eigenvalue weighted by Gasteiger charge is 2.39. The normalized spacial score (nSPS) is 18.1. The SMILES string of the molecule is C#CC(C)(OC(=O)c1cccc(-[s+]2c3ccccc3c3ccccc32)c1)C1CCCCC1=C.